The number of esters is 3. The monoisotopic (exact) mass is 1700 g/mol. The minimum absolute atomic E-state index is 0.0834. The van der Waals surface area contributed by atoms with Crippen LogP contribution in [0.2, 0.25) is 0 Å². The lowest BCUT2D eigenvalue weighted by atomic mass is 10.0. The fourth-order valence-electron chi connectivity index (χ4n) is 12.5. The highest BCUT2D eigenvalue weighted by Crippen LogP contribution is 2.45. The molecule has 0 heterocycles. The van der Waals surface area contributed by atoms with Gasteiger partial charge in [0.15, 0.2) is 6.10 Å². The summed E-state index contributed by atoms with van der Waals surface area (Å²) >= 11 is 0. The Morgan fingerprint density at radius 3 is 0.706 bits per heavy atom. The van der Waals surface area contributed by atoms with Crippen LogP contribution >= 0.6 is 15.6 Å². The van der Waals surface area contributed by atoms with E-state index in [0.29, 0.717) is 19.3 Å². The maximum atomic E-state index is 13.1. The molecular formula is C101H170O16P2. The van der Waals surface area contributed by atoms with Gasteiger partial charge in [0.2, 0.25) is 0 Å². The summed E-state index contributed by atoms with van der Waals surface area (Å²) in [4.78, 5) is 59.0. The second-order valence-electron chi connectivity index (χ2n) is 31.0. The van der Waals surface area contributed by atoms with Crippen LogP contribution in [0.4, 0.5) is 0 Å². The molecule has 0 aromatic carbocycles. The SMILES string of the molecule is CC/C=C\C/C=C\C/C=C\C/C=C\C/C=C\C/C=C\CCCCCCCCCCC(=O)OCC(COP(=O)(O)OCC(O)COP(=O)(O)OCC(O)COC(=O)CCCCCCCCCCCCCCCCCCC/C=C\C/C=C\C/C=C\C/C=C\CCCCC)OC(=O)CCCCCCCCC/C=C\C/C=C\C/C=C\C/C=C\C/C=C\CC. The quantitative estimate of drug-likeness (QED) is 0.0146. The smallest absolute Gasteiger partial charge is 0.463 e. The molecule has 5 unspecified atom stereocenters. The van der Waals surface area contributed by atoms with Crippen LogP contribution in [0.15, 0.2) is 182 Å². The number of carbonyl (C=O) groups excluding carboxylic acids is 3. The van der Waals surface area contributed by atoms with Gasteiger partial charge in [-0.25, -0.2) is 9.13 Å². The number of unbranched alkanes of at least 4 members (excludes halogenated alkanes) is 35. The average molecular weight is 1700 g/mol. The molecule has 0 fully saturated rings. The number of phosphoric acid groups is 2. The topological polar surface area (TPSA) is 231 Å². The standard InChI is InChI=1S/C101H170O16P2/c1-4-7-10-13-16-19-22-25-28-31-34-37-40-42-44-45-46-47-48-49-51-53-55-57-60-63-66-69-72-75-78-81-84-87-99(104)111-90-96(102)91-113-118(107,108)114-92-97(103)93-115-119(109,110)116-95-98(117-101(106)89-86-83-80-77-74-71-68-65-62-59-54-39-36-33-30-27-24-21-18-15-12-9-6-3)94-112-100(105)88-85-82-79-76-73-70-67-64-61-58-56-52-50-43-41-38-35-32-29-26-23-20-17-14-11-8-5-2/h8-9,11-12,16-21,25-30,34-39,42-44,50,56,58-59,62,96-98,102-103H,4-7,10,13-15,22-24,31-33,40-41,45-49,51-55,57,60-61,63-95H2,1-3H3,(H,107,108)(H,109,110)/b11-8-,12-9-,19-16-,20-17-,21-18-,28-25-,29-26-,30-27-,37-34-,38-35-,39-36-,44-42-,50-43-,58-56-,62-59-. The molecule has 5 atom stereocenters. The summed E-state index contributed by atoms with van der Waals surface area (Å²) in [7, 11) is -9.82. The van der Waals surface area contributed by atoms with Crippen LogP contribution < -0.4 is 0 Å². The van der Waals surface area contributed by atoms with Crippen molar-refractivity contribution in [1.29, 1.82) is 0 Å². The van der Waals surface area contributed by atoms with Crippen molar-refractivity contribution < 1.29 is 75.8 Å². The molecule has 0 amide bonds. The summed E-state index contributed by atoms with van der Waals surface area (Å²) in [5, 5.41) is 20.8. The van der Waals surface area contributed by atoms with Crippen LogP contribution in [0.25, 0.3) is 0 Å². The van der Waals surface area contributed by atoms with Gasteiger partial charge >= 0.3 is 33.6 Å². The molecule has 16 nitrogen and oxygen atoms in total. The highest BCUT2D eigenvalue weighted by Gasteiger charge is 2.29. The first kappa shape index (κ1) is 114. The largest absolute Gasteiger partial charge is 0.472 e. The van der Waals surface area contributed by atoms with Gasteiger partial charge in [-0.2, -0.15) is 0 Å². The summed E-state index contributed by atoms with van der Waals surface area (Å²) in [5.74, 6) is -1.59. The zero-order valence-corrected chi connectivity index (χ0v) is 76.8. The molecular weight excluding hydrogens is 1530 g/mol. The normalized spacial score (nSPS) is 14.6. The minimum atomic E-state index is -4.95. The molecule has 0 saturated carbocycles. The summed E-state index contributed by atoms with van der Waals surface area (Å²) in [5.41, 5.74) is 0. The molecule has 0 aliphatic rings. The van der Waals surface area contributed by atoms with Crippen LogP contribution in [0.1, 0.15) is 380 Å². The van der Waals surface area contributed by atoms with Crippen LogP contribution in [-0.4, -0.2) is 95.9 Å². The first-order valence-electron chi connectivity index (χ1n) is 47.1. The minimum Gasteiger partial charge on any atom is -0.463 e. The predicted molar refractivity (Wildman–Crippen MR) is 500 cm³/mol. The third-order valence-electron chi connectivity index (χ3n) is 19.6. The van der Waals surface area contributed by atoms with Gasteiger partial charge in [-0.15, -0.1) is 0 Å². The van der Waals surface area contributed by atoms with E-state index in [-0.39, 0.29) is 19.3 Å². The highest BCUT2D eigenvalue weighted by molar-refractivity contribution is 7.47. The van der Waals surface area contributed by atoms with Gasteiger partial charge < -0.3 is 34.2 Å². The fourth-order valence-corrected chi connectivity index (χ4v) is 14.1. The van der Waals surface area contributed by atoms with Crippen molar-refractivity contribution >= 4 is 33.6 Å². The van der Waals surface area contributed by atoms with Gasteiger partial charge in [0.25, 0.3) is 0 Å². The number of aliphatic hydroxyl groups excluding tert-OH is 2. The van der Waals surface area contributed by atoms with E-state index in [0.717, 1.165) is 199 Å². The molecule has 680 valence electrons. The lowest BCUT2D eigenvalue weighted by Crippen LogP contribution is -2.30. The van der Waals surface area contributed by atoms with E-state index in [2.05, 4.69) is 203 Å². The van der Waals surface area contributed by atoms with Crippen molar-refractivity contribution in [2.75, 3.05) is 39.6 Å². The van der Waals surface area contributed by atoms with E-state index < -0.39 is 91.5 Å². The molecule has 0 rings (SSSR count). The van der Waals surface area contributed by atoms with Gasteiger partial charge in [0.05, 0.1) is 26.4 Å². The third kappa shape index (κ3) is 93.2. The van der Waals surface area contributed by atoms with Crippen molar-refractivity contribution in [3.8, 4) is 0 Å². The number of ether oxygens (including phenoxy) is 3. The number of aliphatic hydroxyl groups is 2. The second kappa shape index (κ2) is 91.8. The number of carbonyl (C=O) groups is 3. The summed E-state index contributed by atoms with van der Waals surface area (Å²) < 4.78 is 61.5. The molecule has 0 radical (unpaired) electrons. The Labute approximate surface area is 725 Å². The zero-order chi connectivity index (χ0) is 86.5. The Balaban J connectivity index is 4.61. The maximum Gasteiger partial charge on any atom is 0.472 e. The Morgan fingerprint density at radius 2 is 0.445 bits per heavy atom. The number of hydrogen-bond donors (Lipinski definition) is 4. The van der Waals surface area contributed by atoms with Crippen LogP contribution in [0.3, 0.4) is 0 Å². The average Bonchev–Trinajstić information content (AvgIpc) is 0.902. The lowest BCUT2D eigenvalue weighted by molar-refractivity contribution is -0.161. The number of rotatable bonds is 88. The maximum absolute atomic E-state index is 13.1. The molecule has 119 heavy (non-hydrogen) atoms. The lowest BCUT2D eigenvalue weighted by Gasteiger charge is -2.21. The summed E-state index contributed by atoms with van der Waals surface area (Å²) in [6.07, 6.45) is 121. The first-order valence-corrected chi connectivity index (χ1v) is 50.1. The Morgan fingerprint density at radius 1 is 0.244 bits per heavy atom. The van der Waals surface area contributed by atoms with Crippen molar-refractivity contribution in [3.05, 3.63) is 182 Å². The van der Waals surface area contributed by atoms with E-state index in [9.17, 15) is 43.5 Å². The third-order valence-corrected chi connectivity index (χ3v) is 21.5. The molecule has 18 heteroatoms. The van der Waals surface area contributed by atoms with Gasteiger partial charge in [0, 0.05) is 19.3 Å². The first-order chi connectivity index (χ1) is 58.2. The molecule has 0 aliphatic heterocycles. The van der Waals surface area contributed by atoms with Crippen molar-refractivity contribution in [3.63, 3.8) is 0 Å². The van der Waals surface area contributed by atoms with E-state index in [4.69, 9.17) is 32.3 Å². The summed E-state index contributed by atoms with van der Waals surface area (Å²) in [6, 6.07) is 0. The summed E-state index contributed by atoms with van der Waals surface area (Å²) in [6.45, 7) is 2.44. The van der Waals surface area contributed by atoms with E-state index >= 15 is 0 Å². The molecule has 0 aromatic heterocycles. The van der Waals surface area contributed by atoms with Crippen LogP contribution in [-0.2, 0) is 55.8 Å². The molecule has 4 N–H and O–H groups in total. The molecule has 0 saturated heterocycles. The Hall–Kier alpha value is -5.35. The van der Waals surface area contributed by atoms with E-state index in [1.807, 2.05) is 0 Å². The highest BCUT2D eigenvalue weighted by atomic mass is 31.2. The van der Waals surface area contributed by atoms with Crippen molar-refractivity contribution in [2.45, 2.75) is 399 Å². The van der Waals surface area contributed by atoms with Gasteiger partial charge in [0.1, 0.15) is 25.4 Å². The molecule has 0 spiro atoms. The Kier molecular flexibility index (Phi) is 87.7. The fraction of sp³-hybridized carbons (Fsp3) is 0.673. The number of phosphoric ester groups is 2. The molecule has 0 aliphatic carbocycles. The van der Waals surface area contributed by atoms with Crippen LogP contribution in [0, 0.1) is 0 Å². The van der Waals surface area contributed by atoms with Crippen molar-refractivity contribution in [2.24, 2.45) is 0 Å². The van der Waals surface area contributed by atoms with Crippen molar-refractivity contribution in [1.82, 2.24) is 0 Å². The van der Waals surface area contributed by atoms with Crippen LogP contribution in [0.5, 0.6) is 0 Å². The Bertz CT molecular complexity index is 2890. The molecule has 0 bridgehead atoms. The molecule has 0 aromatic rings. The van der Waals surface area contributed by atoms with Gasteiger partial charge in [-0.3, -0.25) is 32.5 Å². The van der Waals surface area contributed by atoms with E-state index in [1.54, 1.807) is 0 Å². The van der Waals surface area contributed by atoms with E-state index in [1.165, 1.54) is 122 Å². The zero-order valence-electron chi connectivity index (χ0n) is 75.0. The number of allylic oxidation sites excluding steroid dienone is 30. The van der Waals surface area contributed by atoms with Gasteiger partial charge in [-0.05, 0) is 161 Å². The predicted octanol–water partition coefficient (Wildman–Crippen LogP) is 29.2. The number of hydrogen-bond acceptors (Lipinski definition) is 14. The van der Waals surface area contributed by atoms with Gasteiger partial charge in [-0.1, -0.05) is 383 Å². The second-order valence-corrected chi connectivity index (χ2v) is 34.0.